The zero-order valence-electron chi connectivity index (χ0n) is 8.23. The molecule has 1 aromatic rings. The molecule has 0 fully saturated rings. The molecule has 0 unspecified atom stereocenters. The summed E-state index contributed by atoms with van der Waals surface area (Å²) in [6.07, 6.45) is 1.93. The Morgan fingerprint density at radius 3 is 2.57 bits per heavy atom. The smallest absolute Gasteiger partial charge is 0.212 e. The van der Waals surface area contributed by atoms with Crippen molar-refractivity contribution in [1.82, 2.24) is 4.98 Å². The molecule has 14 heavy (non-hydrogen) atoms. The molecule has 1 heterocycles. The fourth-order valence-corrected chi connectivity index (χ4v) is 2.32. The van der Waals surface area contributed by atoms with Crippen LogP contribution >= 0.6 is 0 Å². The van der Waals surface area contributed by atoms with Crippen molar-refractivity contribution in [2.24, 2.45) is 0 Å². The first kappa shape index (κ1) is 11.0. The quantitative estimate of drug-likeness (QED) is 0.759. The highest BCUT2D eigenvalue weighted by molar-refractivity contribution is 7.91. The van der Waals surface area contributed by atoms with Crippen molar-refractivity contribution in [1.29, 1.82) is 0 Å². The Kier molecular flexibility index (Phi) is 3.46. The maximum Gasteiger partial charge on any atom is 0.212 e. The Hall–Kier alpha value is -1.10. The predicted octanol–water partition coefficient (Wildman–Crippen LogP) is 1.27. The van der Waals surface area contributed by atoms with E-state index in [2.05, 4.69) is 4.98 Å². The maximum absolute atomic E-state index is 11.6. The molecule has 0 aliphatic heterocycles. The van der Waals surface area contributed by atoms with Gasteiger partial charge in [-0.25, -0.2) is 13.4 Å². The average molecular weight is 215 g/mol. The van der Waals surface area contributed by atoms with E-state index in [9.17, 15) is 8.42 Å². The van der Waals surface area contributed by atoms with E-state index in [0.717, 1.165) is 0 Å². The molecule has 0 aliphatic carbocycles. The average Bonchev–Trinajstić information content (AvgIpc) is 2.18. The van der Waals surface area contributed by atoms with E-state index < -0.39 is 9.84 Å². The van der Waals surface area contributed by atoms with Gasteiger partial charge in [-0.2, -0.15) is 0 Å². The summed E-state index contributed by atoms with van der Waals surface area (Å²) in [6.45, 7) is 1.83. The fraction of sp³-hybridized carbons (Fsp3) is 0.444. The van der Waals surface area contributed by atoms with Gasteiger partial charge in [0.15, 0.2) is 9.84 Å². The lowest BCUT2D eigenvalue weighted by Crippen LogP contribution is -2.06. The molecule has 0 aliphatic rings. The van der Waals surface area contributed by atoms with Crippen molar-refractivity contribution in [3.05, 3.63) is 18.3 Å². The van der Waals surface area contributed by atoms with Crippen LogP contribution < -0.4 is 4.74 Å². The number of hydrogen-bond donors (Lipinski definition) is 0. The second-order valence-corrected chi connectivity index (χ2v) is 4.96. The molecule has 0 saturated carbocycles. The summed E-state index contributed by atoms with van der Waals surface area (Å²) >= 11 is 0. The van der Waals surface area contributed by atoms with Gasteiger partial charge in [-0.1, -0.05) is 6.92 Å². The fourth-order valence-electron chi connectivity index (χ4n) is 1.06. The first-order valence-electron chi connectivity index (χ1n) is 4.33. The van der Waals surface area contributed by atoms with Crippen LogP contribution in [0.4, 0.5) is 0 Å². The lowest BCUT2D eigenvalue weighted by molar-refractivity contribution is 0.397. The van der Waals surface area contributed by atoms with Crippen LogP contribution in [0.1, 0.15) is 13.3 Å². The van der Waals surface area contributed by atoms with E-state index in [0.29, 0.717) is 12.3 Å². The van der Waals surface area contributed by atoms with Gasteiger partial charge in [0.05, 0.1) is 17.8 Å². The van der Waals surface area contributed by atoms with E-state index >= 15 is 0 Å². The molecule has 0 atom stereocenters. The molecule has 1 aromatic heterocycles. The van der Waals surface area contributed by atoms with E-state index in [1.165, 1.54) is 19.4 Å². The Morgan fingerprint density at radius 2 is 2.14 bits per heavy atom. The molecule has 0 radical (unpaired) electrons. The molecule has 0 saturated heterocycles. The van der Waals surface area contributed by atoms with Gasteiger partial charge in [-0.05, 0) is 12.5 Å². The van der Waals surface area contributed by atoms with Crippen molar-refractivity contribution in [3.8, 4) is 5.88 Å². The van der Waals surface area contributed by atoms with Crippen LogP contribution in [0.25, 0.3) is 0 Å². The van der Waals surface area contributed by atoms with Gasteiger partial charge in [0, 0.05) is 12.3 Å². The number of aromatic nitrogens is 1. The molecule has 0 spiro atoms. The zero-order chi connectivity index (χ0) is 10.6. The highest BCUT2D eigenvalue weighted by Gasteiger charge is 2.13. The number of rotatable bonds is 4. The van der Waals surface area contributed by atoms with E-state index in [1.807, 2.05) is 6.92 Å². The third kappa shape index (κ3) is 2.45. The van der Waals surface area contributed by atoms with Gasteiger partial charge in [0.25, 0.3) is 0 Å². The van der Waals surface area contributed by atoms with Gasteiger partial charge in [0.1, 0.15) is 0 Å². The molecule has 5 heteroatoms. The third-order valence-corrected chi connectivity index (χ3v) is 3.66. The molecular formula is C9H13NO3S. The van der Waals surface area contributed by atoms with Crippen molar-refractivity contribution >= 4 is 9.84 Å². The van der Waals surface area contributed by atoms with E-state index in [-0.39, 0.29) is 10.6 Å². The number of methoxy groups -OCH3 is 1. The number of nitrogens with zero attached hydrogens (tertiary/aromatic N) is 1. The zero-order valence-corrected chi connectivity index (χ0v) is 9.04. The SMILES string of the molecule is CCCS(=O)(=O)c1ccc(OC)nc1. The summed E-state index contributed by atoms with van der Waals surface area (Å²) in [4.78, 5) is 4.09. The third-order valence-electron chi connectivity index (χ3n) is 1.75. The van der Waals surface area contributed by atoms with Crippen molar-refractivity contribution in [3.63, 3.8) is 0 Å². The topological polar surface area (TPSA) is 56.3 Å². The van der Waals surface area contributed by atoms with Crippen LogP contribution in [0.5, 0.6) is 5.88 Å². The normalized spacial score (nSPS) is 11.3. The number of ether oxygens (including phenoxy) is 1. The Balaban J connectivity index is 2.97. The molecule has 78 valence electrons. The predicted molar refractivity (Wildman–Crippen MR) is 53.1 cm³/mol. The second-order valence-electron chi connectivity index (χ2n) is 2.86. The second kappa shape index (κ2) is 4.41. The monoisotopic (exact) mass is 215 g/mol. The summed E-state index contributed by atoms with van der Waals surface area (Å²) in [5.41, 5.74) is 0. The summed E-state index contributed by atoms with van der Waals surface area (Å²) in [5, 5.41) is 0. The lowest BCUT2D eigenvalue weighted by Gasteiger charge is -2.02. The number of pyridine rings is 1. The Bertz CT molecular complexity index is 383. The number of hydrogen-bond acceptors (Lipinski definition) is 4. The van der Waals surface area contributed by atoms with E-state index in [4.69, 9.17) is 4.74 Å². The summed E-state index contributed by atoms with van der Waals surface area (Å²) in [5.74, 6) is 0.571. The van der Waals surface area contributed by atoms with Crippen LogP contribution in [-0.4, -0.2) is 26.3 Å². The van der Waals surface area contributed by atoms with Crippen molar-refractivity contribution in [2.45, 2.75) is 18.2 Å². The molecule has 0 amide bonds. The first-order valence-corrected chi connectivity index (χ1v) is 5.98. The molecule has 4 nitrogen and oxygen atoms in total. The summed E-state index contributed by atoms with van der Waals surface area (Å²) in [7, 11) is -1.66. The van der Waals surface area contributed by atoms with Crippen LogP contribution in [0.15, 0.2) is 23.2 Å². The van der Waals surface area contributed by atoms with Crippen LogP contribution in [0.3, 0.4) is 0 Å². The van der Waals surface area contributed by atoms with Crippen LogP contribution in [0.2, 0.25) is 0 Å². The molecule has 0 aromatic carbocycles. The lowest BCUT2D eigenvalue weighted by atomic mass is 10.5. The Labute approximate surface area is 83.8 Å². The summed E-state index contributed by atoms with van der Waals surface area (Å²) < 4.78 is 27.9. The van der Waals surface area contributed by atoms with Crippen LogP contribution in [-0.2, 0) is 9.84 Å². The van der Waals surface area contributed by atoms with Crippen molar-refractivity contribution in [2.75, 3.05) is 12.9 Å². The maximum atomic E-state index is 11.6. The molecular weight excluding hydrogens is 202 g/mol. The number of sulfone groups is 1. The van der Waals surface area contributed by atoms with Crippen molar-refractivity contribution < 1.29 is 13.2 Å². The Morgan fingerprint density at radius 1 is 1.43 bits per heavy atom. The standard InChI is InChI=1S/C9H13NO3S/c1-3-6-14(11,12)8-4-5-9(13-2)10-7-8/h4-5,7H,3,6H2,1-2H3. The van der Waals surface area contributed by atoms with Gasteiger partial charge < -0.3 is 4.74 Å². The molecule has 1 rings (SSSR count). The van der Waals surface area contributed by atoms with Gasteiger partial charge in [-0.15, -0.1) is 0 Å². The highest BCUT2D eigenvalue weighted by atomic mass is 32.2. The largest absolute Gasteiger partial charge is 0.481 e. The highest BCUT2D eigenvalue weighted by Crippen LogP contribution is 2.13. The summed E-state index contributed by atoms with van der Waals surface area (Å²) in [6, 6.07) is 3.05. The van der Waals surface area contributed by atoms with E-state index in [1.54, 1.807) is 6.07 Å². The van der Waals surface area contributed by atoms with Gasteiger partial charge in [-0.3, -0.25) is 0 Å². The first-order chi connectivity index (χ1) is 6.60. The molecule has 0 bridgehead atoms. The van der Waals surface area contributed by atoms with Gasteiger partial charge in [0.2, 0.25) is 5.88 Å². The minimum Gasteiger partial charge on any atom is -0.481 e. The van der Waals surface area contributed by atoms with Crippen LogP contribution in [0, 0.1) is 0 Å². The minimum absolute atomic E-state index is 0.154. The minimum atomic E-state index is -3.15. The molecule has 0 N–H and O–H groups in total. The van der Waals surface area contributed by atoms with Gasteiger partial charge >= 0.3 is 0 Å².